The van der Waals surface area contributed by atoms with Gasteiger partial charge >= 0.3 is 0 Å². The quantitative estimate of drug-likeness (QED) is 0.538. The number of sulfonamides is 1. The minimum atomic E-state index is -3.68. The van der Waals surface area contributed by atoms with Gasteiger partial charge < -0.3 is 4.98 Å². The molecule has 2 heterocycles. The first kappa shape index (κ1) is 13.8. The molecule has 0 aliphatic rings. The van der Waals surface area contributed by atoms with Crippen LogP contribution in [0, 0.1) is 6.92 Å². The maximum atomic E-state index is 12.6. The predicted molar refractivity (Wildman–Crippen MR) is 87.7 cm³/mol. The molecule has 4 aromatic rings. The van der Waals surface area contributed by atoms with E-state index < -0.39 is 10.0 Å². The van der Waals surface area contributed by atoms with Crippen LogP contribution < -0.4 is 4.72 Å². The molecule has 0 radical (unpaired) electrons. The monoisotopic (exact) mass is 327 g/mol. The summed E-state index contributed by atoms with van der Waals surface area (Å²) in [4.78, 5) is 7.48. The van der Waals surface area contributed by atoms with Gasteiger partial charge in [0.2, 0.25) is 0 Å². The standard InChI is InChI=1S/C15H13N5O2S/c1-9-17-13-5-4-12(7-15(13)18-9)23(21,22)20-11-3-2-10-8-16-19-14(10)6-11/h2-8,20H,1H3,(H,16,19)(H,17,18). The Morgan fingerprint density at radius 2 is 1.96 bits per heavy atom. The summed E-state index contributed by atoms with van der Waals surface area (Å²) in [5, 5.41) is 7.65. The third-order valence-electron chi connectivity index (χ3n) is 3.58. The summed E-state index contributed by atoms with van der Waals surface area (Å²) < 4.78 is 27.7. The van der Waals surface area contributed by atoms with Gasteiger partial charge in [-0.3, -0.25) is 9.82 Å². The number of hydrogen-bond acceptors (Lipinski definition) is 4. The Morgan fingerprint density at radius 1 is 1.09 bits per heavy atom. The van der Waals surface area contributed by atoms with E-state index in [4.69, 9.17) is 0 Å². The molecule has 0 unspecified atom stereocenters. The lowest BCUT2D eigenvalue weighted by Crippen LogP contribution is -2.12. The van der Waals surface area contributed by atoms with Gasteiger partial charge in [-0.2, -0.15) is 5.10 Å². The fourth-order valence-electron chi connectivity index (χ4n) is 2.50. The number of benzene rings is 2. The summed E-state index contributed by atoms with van der Waals surface area (Å²) in [6, 6.07) is 10.0. The number of hydrogen-bond donors (Lipinski definition) is 3. The summed E-state index contributed by atoms with van der Waals surface area (Å²) in [5.74, 6) is 0.743. The Morgan fingerprint density at radius 3 is 2.83 bits per heavy atom. The second-order valence-electron chi connectivity index (χ2n) is 5.28. The number of aryl methyl sites for hydroxylation is 1. The Bertz CT molecular complexity index is 1130. The van der Waals surface area contributed by atoms with Crippen LogP contribution in [-0.2, 0) is 10.0 Å². The van der Waals surface area contributed by atoms with Crippen molar-refractivity contribution in [3.05, 3.63) is 48.4 Å². The van der Waals surface area contributed by atoms with Crippen molar-refractivity contribution in [1.82, 2.24) is 20.2 Å². The number of aromatic nitrogens is 4. The van der Waals surface area contributed by atoms with Gasteiger partial charge in [-0.05, 0) is 43.3 Å². The van der Waals surface area contributed by atoms with Gasteiger partial charge in [0.1, 0.15) is 5.82 Å². The van der Waals surface area contributed by atoms with Gasteiger partial charge in [-0.25, -0.2) is 13.4 Å². The SMILES string of the molecule is Cc1nc2ccc(S(=O)(=O)Nc3ccc4cn[nH]c4c3)cc2[nH]1. The van der Waals surface area contributed by atoms with Gasteiger partial charge in [0.05, 0.1) is 33.3 Å². The highest BCUT2D eigenvalue weighted by Crippen LogP contribution is 2.22. The molecule has 0 saturated heterocycles. The molecular weight excluding hydrogens is 314 g/mol. The lowest BCUT2D eigenvalue weighted by molar-refractivity contribution is 0.601. The Labute approximate surface area is 131 Å². The van der Waals surface area contributed by atoms with Crippen molar-refractivity contribution in [3.8, 4) is 0 Å². The van der Waals surface area contributed by atoms with Gasteiger partial charge in [0.15, 0.2) is 0 Å². The lowest BCUT2D eigenvalue weighted by atomic mass is 10.2. The van der Waals surface area contributed by atoms with E-state index in [0.717, 1.165) is 22.2 Å². The summed E-state index contributed by atoms with van der Waals surface area (Å²) in [7, 11) is -3.68. The molecule has 2 aromatic carbocycles. The van der Waals surface area contributed by atoms with Gasteiger partial charge in [-0.1, -0.05) is 0 Å². The molecule has 23 heavy (non-hydrogen) atoms. The van der Waals surface area contributed by atoms with Crippen molar-refractivity contribution >= 4 is 37.6 Å². The third-order valence-corrected chi connectivity index (χ3v) is 4.96. The molecule has 0 amide bonds. The van der Waals surface area contributed by atoms with E-state index in [1.165, 1.54) is 0 Å². The van der Waals surface area contributed by atoms with Gasteiger partial charge in [0.25, 0.3) is 10.0 Å². The Kier molecular flexibility index (Phi) is 2.88. The van der Waals surface area contributed by atoms with Crippen LogP contribution in [0.25, 0.3) is 21.9 Å². The second kappa shape index (κ2) is 4.82. The van der Waals surface area contributed by atoms with Crippen molar-refractivity contribution in [2.45, 2.75) is 11.8 Å². The van der Waals surface area contributed by atoms with E-state index in [1.54, 1.807) is 42.6 Å². The molecule has 0 atom stereocenters. The van der Waals surface area contributed by atoms with Gasteiger partial charge in [0, 0.05) is 5.39 Å². The highest BCUT2D eigenvalue weighted by Gasteiger charge is 2.16. The predicted octanol–water partition coefficient (Wildman–Crippen LogP) is 2.55. The first-order valence-electron chi connectivity index (χ1n) is 6.94. The number of imidazole rings is 1. The molecule has 0 bridgehead atoms. The number of H-pyrrole nitrogens is 2. The third kappa shape index (κ3) is 2.42. The van der Waals surface area contributed by atoms with Crippen LogP contribution in [0.4, 0.5) is 5.69 Å². The van der Waals surface area contributed by atoms with E-state index in [-0.39, 0.29) is 4.90 Å². The summed E-state index contributed by atoms with van der Waals surface area (Å²) >= 11 is 0. The molecule has 8 heteroatoms. The van der Waals surface area contributed by atoms with Crippen molar-refractivity contribution in [3.63, 3.8) is 0 Å². The number of aromatic amines is 2. The zero-order chi connectivity index (χ0) is 16.0. The molecular formula is C15H13N5O2S. The van der Waals surface area contributed by atoms with Crippen LogP contribution >= 0.6 is 0 Å². The molecule has 0 aliphatic heterocycles. The van der Waals surface area contributed by atoms with Crippen LogP contribution in [-0.4, -0.2) is 28.6 Å². The van der Waals surface area contributed by atoms with Crippen molar-refractivity contribution < 1.29 is 8.42 Å². The average Bonchev–Trinajstić information content (AvgIpc) is 3.10. The topological polar surface area (TPSA) is 104 Å². The first-order chi connectivity index (χ1) is 11.0. The molecule has 4 rings (SSSR count). The largest absolute Gasteiger partial charge is 0.342 e. The number of fused-ring (bicyclic) bond motifs is 2. The second-order valence-corrected chi connectivity index (χ2v) is 6.96. The molecule has 3 N–H and O–H groups in total. The van der Waals surface area contributed by atoms with Crippen LogP contribution in [0.15, 0.2) is 47.5 Å². The van der Waals surface area contributed by atoms with E-state index in [1.807, 2.05) is 6.92 Å². The zero-order valence-corrected chi connectivity index (χ0v) is 13.0. The highest BCUT2D eigenvalue weighted by atomic mass is 32.2. The molecule has 0 aliphatic carbocycles. The van der Waals surface area contributed by atoms with Crippen LogP contribution in [0.2, 0.25) is 0 Å². The maximum absolute atomic E-state index is 12.6. The van der Waals surface area contributed by atoms with Crippen LogP contribution in [0.5, 0.6) is 0 Å². The van der Waals surface area contributed by atoms with E-state index in [9.17, 15) is 8.42 Å². The average molecular weight is 327 g/mol. The van der Waals surface area contributed by atoms with Gasteiger partial charge in [-0.15, -0.1) is 0 Å². The fourth-order valence-corrected chi connectivity index (χ4v) is 3.57. The van der Waals surface area contributed by atoms with E-state index in [2.05, 4.69) is 24.9 Å². The number of rotatable bonds is 3. The zero-order valence-electron chi connectivity index (χ0n) is 12.2. The molecule has 0 fully saturated rings. The number of nitrogens with one attached hydrogen (secondary N) is 3. The molecule has 7 nitrogen and oxygen atoms in total. The summed E-state index contributed by atoms with van der Waals surface area (Å²) in [6.07, 6.45) is 1.68. The van der Waals surface area contributed by atoms with Crippen LogP contribution in [0.3, 0.4) is 0 Å². The normalized spacial score (nSPS) is 12.0. The highest BCUT2D eigenvalue weighted by molar-refractivity contribution is 7.92. The fraction of sp³-hybridized carbons (Fsp3) is 0.0667. The number of nitrogens with zero attached hydrogens (tertiary/aromatic N) is 2. The first-order valence-corrected chi connectivity index (χ1v) is 8.42. The Balaban J connectivity index is 1.72. The molecule has 2 aromatic heterocycles. The van der Waals surface area contributed by atoms with E-state index >= 15 is 0 Å². The maximum Gasteiger partial charge on any atom is 0.261 e. The van der Waals surface area contributed by atoms with E-state index in [0.29, 0.717) is 11.2 Å². The smallest absolute Gasteiger partial charge is 0.261 e. The summed E-state index contributed by atoms with van der Waals surface area (Å²) in [6.45, 7) is 1.83. The minimum Gasteiger partial charge on any atom is -0.342 e. The molecule has 0 saturated carbocycles. The summed E-state index contributed by atoms with van der Waals surface area (Å²) in [5.41, 5.74) is 2.67. The Hall–Kier alpha value is -2.87. The molecule has 0 spiro atoms. The minimum absolute atomic E-state index is 0.179. The van der Waals surface area contributed by atoms with Crippen molar-refractivity contribution in [2.75, 3.05) is 4.72 Å². The van der Waals surface area contributed by atoms with Crippen molar-refractivity contribution in [1.29, 1.82) is 0 Å². The van der Waals surface area contributed by atoms with Crippen LogP contribution in [0.1, 0.15) is 5.82 Å². The molecule has 116 valence electrons. The lowest BCUT2D eigenvalue weighted by Gasteiger charge is -2.08. The van der Waals surface area contributed by atoms with Crippen molar-refractivity contribution in [2.24, 2.45) is 0 Å². The number of anilines is 1.